The first kappa shape index (κ1) is 13.6. The van der Waals surface area contributed by atoms with E-state index in [9.17, 15) is 9.59 Å². The van der Waals surface area contributed by atoms with Crippen LogP contribution >= 0.6 is 0 Å². The second-order valence-corrected chi connectivity index (χ2v) is 5.31. The molecule has 0 aliphatic carbocycles. The van der Waals surface area contributed by atoms with Crippen LogP contribution in [0, 0.1) is 0 Å². The van der Waals surface area contributed by atoms with E-state index in [1.165, 1.54) is 4.90 Å². The Bertz CT molecular complexity index is 730. The number of nitrogens with zero attached hydrogens (tertiary/aromatic N) is 2. The lowest BCUT2D eigenvalue weighted by Gasteiger charge is -2.28. The topological polar surface area (TPSA) is 66.6 Å². The summed E-state index contributed by atoms with van der Waals surface area (Å²) in [5.41, 5.74) is 7.64. The molecule has 1 heterocycles. The molecular weight excluding hydrogens is 266 g/mol. The molecule has 3 rings (SSSR count). The Morgan fingerprint density at radius 1 is 1.05 bits per heavy atom. The van der Waals surface area contributed by atoms with Crippen molar-refractivity contribution in [1.82, 2.24) is 4.90 Å². The number of benzene rings is 2. The Labute approximate surface area is 122 Å². The first-order chi connectivity index (χ1) is 10.1. The van der Waals surface area contributed by atoms with E-state index in [1.807, 2.05) is 37.2 Å². The zero-order valence-electron chi connectivity index (χ0n) is 12.1. The molecule has 5 nitrogen and oxygen atoms in total. The number of rotatable bonds is 3. The van der Waals surface area contributed by atoms with Crippen LogP contribution in [0.2, 0.25) is 0 Å². The molecule has 0 bridgehead atoms. The largest absolute Gasteiger partial charge is 0.377 e. The van der Waals surface area contributed by atoms with E-state index in [2.05, 4.69) is 0 Å². The van der Waals surface area contributed by atoms with Crippen molar-refractivity contribution in [3.8, 4) is 0 Å². The van der Waals surface area contributed by atoms with E-state index in [-0.39, 0.29) is 24.9 Å². The highest BCUT2D eigenvalue weighted by atomic mass is 16.2. The molecule has 2 aromatic carbocycles. The van der Waals surface area contributed by atoms with Gasteiger partial charge in [0.2, 0.25) is 0 Å². The van der Waals surface area contributed by atoms with Gasteiger partial charge in [-0.25, -0.2) is 0 Å². The standard InChI is InChI=1S/C16H17N3O2/c1-18(2)13-7-6-12-14-10(13)4-3-5-11(14)15(20)19(9-8-17)16(12)21/h3-7H,8-9,17H2,1-2H3. The van der Waals surface area contributed by atoms with Gasteiger partial charge in [0, 0.05) is 54.8 Å². The number of hydrogen-bond acceptors (Lipinski definition) is 4. The molecule has 0 radical (unpaired) electrons. The molecule has 1 aliphatic heterocycles. The fourth-order valence-electron chi connectivity index (χ4n) is 2.85. The molecule has 108 valence electrons. The molecule has 2 amide bonds. The van der Waals surface area contributed by atoms with Gasteiger partial charge in [0.1, 0.15) is 0 Å². The van der Waals surface area contributed by atoms with Gasteiger partial charge in [-0.15, -0.1) is 0 Å². The SMILES string of the molecule is CN(C)c1ccc2c3c(cccc13)C(=O)N(CCN)C2=O. The van der Waals surface area contributed by atoms with Crippen molar-refractivity contribution in [3.05, 3.63) is 41.5 Å². The molecule has 2 N–H and O–H groups in total. The molecule has 21 heavy (non-hydrogen) atoms. The van der Waals surface area contributed by atoms with Crippen molar-refractivity contribution < 1.29 is 9.59 Å². The normalized spacial score (nSPS) is 14.0. The summed E-state index contributed by atoms with van der Waals surface area (Å²) in [5, 5.41) is 1.66. The third-order valence-electron chi connectivity index (χ3n) is 3.80. The fraction of sp³-hybridized carbons (Fsp3) is 0.250. The maximum absolute atomic E-state index is 12.5. The van der Waals surface area contributed by atoms with Crippen molar-refractivity contribution in [2.24, 2.45) is 5.73 Å². The first-order valence-corrected chi connectivity index (χ1v) is 6.85. The van der Waals surface area contributed by atoms with Gasteiger partial charge in [-0.05, 0) is 18.2 Å². The Morgan fingerprint density at radius 2 is 1.71 bits per heavy atom. The van der Waals surface area contributed by atoms with E-state index in [4.69, 9.17) is 5.73 Å². The summed E-state index contributed by atoms with van der Waals surface area (Å²) in [4.78, 5) is 28.2. The fourth-order valence-corrected chi connectivity index (χ4v) is 2.85. The lowest BCUT2D eigenvalue weighted by molar-refractivity contribution is 0.0615. The van der Waals surface area contributed by atoms with Crippen LogP contribution in [0.4, 0.5) is 5.69 Å². The highest BCUT2D eigenvalue weighted by Crippen LogP contribution is 2.35. The monoisotopic (exact) mass is 283 g/mol. The molecule has 0 saturated heterocycles. The van der Waals surface area contributed by atoms with E-state index >= 15 is 0 Å². The van der Waals surface area contributed by atoms with Gasteiger partial charge in [-0.2, -0.15) is 0 Å². The molecular formula is C16H17N3O2. The predicted octanol–water partition coefficient (Wildman–Crippen LogP) is 1.46. The molecule has 0 fully saturated rings. The predicted molar refractivity (Wildman–Crippen MR) is 82.7 cm³/mol. The molecule has 0 saturated carbocycles. The molecule has 5 heteroatoms. The minimum atomic E-state index is -0.264. The Kier molecular flexibility index (Phi) is 3.14. The van der Waals surface area contributed by atoms with Crippen LogP contribution in [0.3, 0.4) is 0 Å². The maximum atomic E-state index is 12.5. The summed E-state index contributed by atoms with van der Waals surface area (Å²) in [6.45, 7) is 0.501. The van der Waals surface area contributed by atoms with Gasteiger partial charge in [-0.3, -0.25) is 14.5 Å². The minimum absolute atomic E-state index is 0.239. The van der Waals surface area contributed by atoms with Crippen molar-refractivity contribution in [3.63, 3.8) is 0 Å². The van der Waals surface area contributed by atoms with Gasteiger partial charge in [0.25, 0.3) is 11.8 Å². The van der Waals surface area contributed by atoms with Crippen molar-refractivity contribution in [2.45, 2.75) is 0 Å². The smallest absolute Gasteiger partial charge is 0.261 e. The summed E-state index contributed by atoms with van der Waals surface area (Å²) < 4.78 is 0. The molecule has 0 unspecified atom stereocenters. The van der Waals surface area contributed by atoms with Crippen LogP contribution in [-0.2, 0) is 0 Å². The Morgan fingerprint density at radius 3 is 2.33 bits per heavy atom. The van der Waals surface area contributed by atoms with Gasteiger partial charge >= 0.3 is 0 Å². The van der Waals surface area contributed by atoms with Crippen LogP contribution < -0.4 is 10.6 Å². The number of nitrogens with two attached hydrogens (primary N) is 1. The number of amides is 2. The lowest BCUT2D eigenvalue weighted by Crippen LogP contribution is -2.43. The summed E-state index contributed by atoms with van der Waals surface area (Å²) in [5.74, 6) is -0.529. The number of hydrogen-bond donors (Lipinski definition) is 1. The van der Waals surface area contributed by atoms with Crippen molar-refractivity contribution in [2.75, 3.05) is 32.1 Å². The first-order valence-electron chi connectivity index (χ1n) is 6.85. The van der Waals surface area contributed by atoms with Gasteiger partial charge in [0.15, 0.2) is 0 Å². The Balaban J connectivity index is 2.33. The summed E-state index contributed by atoms with van der Waals surface area (Å²) in [7, 11) is 3.88. The lowest BCUT2D eigenvalue weighted by atomic mass is 9.93. The van der Waals surface area contributed by atoms with E-state index in [0.717, 1.165) is 16.5 Å². The highest BCUT2D eigenvalue weighted by molar-refractivity contribution is 6.26. The minimum Gasteiger partial charge on any atom is -0.377 e. The van der Waals surface area contributed by atoms with Crippen molar-refractivity contribution in [1.29, 1.82) is 0 Å². The Hall–Kier alpha value is -2.40. The summed E-state index contributed by atoms with van der Waals surface area (Å²) >= 11 is 0. The average molecular weight is 283 g/mol. The van der Waals surface area contributed by atoms with E-state index < -0.39 is 0 Å². The van der Waals surface area contributed by atoms with Gasteiger partial charge in [0.05, 0.1) is 0 Å². The van der Waals surface area contributed by atoms with Crippen molar-refractivity contribution >= 4 is 28.3 Å². The van der Waals surface area contributed by atoms with Crippen LogP contribution in [0.5, 0.6) is 0 Å². The van der Waals surface area contributed by atoms with E-state index in [0.29, 0.717) is 11.1 Å². The molecule has 0 aromatic heterocycles. The molecule has 0 spiro atoms. The quantitative estimate of drug-likeness (QED) is 0.866. The number of carbonyl (C=O) groups excluding carboxylic acids is 2. The van der Waals surface area contributed by atoms with Crippen LogP contribution in [0.15, 0.2) is 30.3 Å². The molecule has 1 aliphatic rings. The molecule has 2 aromatic rings. The average Bonchev–Trinajstić information content (AvgIpc) is 2.48. The number of anilines is 1. The zero-order valence-corrected chi connectivity index (χ0v) is 12.1. The second-order valence-electron chi connectivity index (χ2n) is 5.31. The highest BCUT2D eigenvalue weighted by Gasteiger charge is 2.32. The van der Waals surface area contributed by atoms with Crippen LogP contribution in [-0.4, -0.2) is 43.9 Å². The van der Waals surface area contributed by atoms with Gasteiger partial charge in [-0.1, -0.05) is 12.1 Å². The van der Waals surface area contributed by atoms with Crippen LogP contribution in [0.1, 0.15) is 20.7 Å². The zero-order chi connectivity index (χ0) is 15.1. The summed E-state index contributed by atoms with van der Waals surface area (Å²) in [6, 6.07) is 9.26. The third-order valence-corrected chi connectivity index (χ3v) is 3.80. The molecule has 0 atom stereocenters. The van der Waals surface area contributed by atoms with Crippen LogP contribution in [0.25, 0.3) is 10.8 Å². The maximum Gasteiger partial charge on any atom is 0.261 e. The second kappa shape index (κ2) is 4.86. The van der Waals surface area contributed by atoms with E-state index in [1.54, 1.807) is 12.1 Å². The summed E-state index contributed by atoms with van der Waals surface area (Å²) in [6.07, 6.45) is 0. The third kappa shape index (κ3) is 1.89. The number of carbonyl (C=O) groups is 2. The number of imide groups is 1. The van der Waals surface area contributed by atoms with Gasteiger partial charge < -0.3 is 10.6 Å².